The summed E-state index contributed by atoms with van der Waals surface area (Å²) in [5.41, 5.74) is 13.4. The summed E-state index contributed by atoms with van der Waals surface area (Å²) in [7, 11) is 0. The molecule has 2 amide bonds. The Morgan fingerprint density at radius 3 is 2.20 bits per heavy atom. The van der Waals surface area contributed by atoms with Crippen LogP contribution in [0.5, 0.6) is 0 Å². The van der Waals surface area contributed by atoms with Crippen molar-refractivity contribution in [3.05, 3.63) is 41.6 Å². The van der Waals surface area contributed by atoms with Crippen LogP contribution in [0.15, 0.2) is 41.0 Å². The number of allylic oxidation sites excluding steroid dienone is 1. The third kappa shape index (κ3) is 5.14. The van der Waals surface area contributed by atoms with Crippen LogP contribution in [0, 0.1) is 12.3 Å². The zero-order valence-electron chi connectivity index (χ0n) is 12.4. The largest absolute Gasteiger partial charge is 0.401 e. The maximum absolute atomic E-state index is 11.0. The number of primary amides is 1. The van der Waals surface area contributed by atoms with Gasteiger partial charge < -0.3 is 11.5 Å². The van der Waals surface area contributed by atoms with E-state index in [0.717, 1.165) is 11.3 Å². The highest BCUT2D eigenvalue weighted by molar-refractivity contribution is 6.04. The van der Waals surface area contributed by atoms with Crippen LogP contribution in [0.2, 0.25) is 0 Å². The van der Waals surface area contributed by atoms with E-state index in [9.17, 15) is 4.79 Å². The van der Waals surface area contributed by atoms with Crippen molar-refractivity contribution in [2.45, 2.75) is 27.7 Å². The highest BCUT2D eigenvalue weighted by Gasteiger charge is 2.14. The molecule has 5 N–H and O–H groups in total. The Labute approximate surface area is 119 Å². The van der Waals surface area contributed by atoms with Crippen molar-refractivity contribution in [1.29, 1.82) is 0 Å². The van der Waals surface area contributed by atoms with Gasteiger partial charge in [-0.3, -0.25) is 5.32 Å². The van der Waals surface area contributed by atoms with Gasteiger partial charge in [0.25, 0.3) is 0 Å². The van der Waals surface area contributed by atoms with Crippen molar-refractivity contribution < 1.29 is 4.79 Å². The Kier molecular flexibility index (Phi) is 4.91. The van der Waals surface area contributed by atoms with E-state index in [0.29, 0.717) is 11.5 Å². The molecule has 0 bridgehead atoms. The molecule has 0 saturated heterocycles. The SMILES string of the molecule is Cc1ccc(N=C(C=C(N)C(C)(C)C)NC(N)=O)cc1. The van der Waals surface area contributed by atoms with E-state index >= 15 is 0 Å². The number of aliphatic imine (C=N–C) groups is 1. The monoisotopic (exact) mass is 274 g/mol. The van der Waals surface area contributed by atoms with Crippen LogP contribution in [-0.2, 0) is 0 Å². The maximum atomic E-state index is 11.0. The van der Waals surface area contributed by atoms with Gasteiger partial charge >= 0.3 is 6.03 Å². The quantitative estimate of drug-likeness (QED) is 0.571. The van der Waals surface area contributed by atoms with Gasteiger partial charge in [0.1, 0.15) is 5.84 Å². The second-order valence-electron chi connectivity index (χ2n) is 5.67. The number of aryl methyl sites for hydroxylation is 1. The molecule has 1 aromatic carbocycles. The van der Waals surface area contributed by atoms with Crippen LogP contribution in [0.3, 0.4) is 0 Å². The van der Waals surface area contributed by atoms with E-state index in [1.165, 1.54) is 0 Å². The molecule has 0 spiro atoms. The summed E-state index contributed by atoms with van der Waals surface area (Å²) in [6, 6.07) is 6.93. The number of nitrogens with two attached hydrogens (primary N) is 2. The third-order valence-corrected chi connectivity index (χ3v) is 2.69. The first kappa shape index (κ1) is 15.8. The van der Waals surface area contributed by atoms with E-state index in [1.54, 1.807) is 6.08 Å². The minimum atomic E-state index is -0.672. The highest BCUT2D eigenvalue weighted by atomic mass is 16.2. The average molecular weight is 274 g/mol. The Morgan fingerprint density at radius 1 is 1.20 bits per heavy atom. The van der Waals surface area contributed by atoms with Crippen molar-refractivity contribution in [1.82, 2.24) is 5.32 Å². The molecule has 0 saturated carbocycles. The van der Waals surface area contributed by atoms with Gasteiger partial charge in [-0.25, -0.2) is 9.79 Å². The Hall–Kier alpha value is -2.30. The molecule has 1 aromatic rings. The molecule has 0 radical (unpaired) electrons. The third-order valence-electron chi connectivity index (χ3n) is 2.69. The maximum Gasteiger partial charge on any atom is 0.317 e. The molecule has 0 aliphatic rings. The van der Waals surface area contributed by atoms with Gasteiger partial charge in [0.05, 0.1) is 5.69 Å². The number of hydrogen-bond donors (Lipinski definition) is 3. The lowest BCUT2D eigenvalue weighted by Crippen LogP contribution is -2.35. The standard InChI is InChI=1S/C15H22N4O/c1-10-5-7-11(8-6-10)18-13(19-14(17)20)9-12(16)15(2,3)4/h5-9H,16H2,1-4H3,(H3,17,18,19,20). The number of benzene rings is 1. The number of carbonyl (C=O) groups is 1. The fraction of sp³-hybridized carbons (Fsp3) is 0.333. The lowest BCUT2D eigenvalue weighted by Gasteiger charge is -2.19. The van der Waals surface area contributed by atoms with Crippen LogP contribution in [0.4, 0.5) is 10.5 Å². The van der Waals surface area contributed by atoms with Crippen LogP contribution in [0.1, 0.15) is 26.3 Å². The minimum absolute atomic E-state index is 0.215. The molecule has 108 valence electrons. The van der Waals surface area contributed by atoms with E-state index < -0.39 is 6.03 Å². The topological polar surface area (TPSA) is 93.5 Å². The van der Waals surface area contributed by atoms with Gasteiger partial charge in [-0.05, 0) is 19.1 Å². The summed E-state index contributed by atoms with van der Waals surface area (Å²) >= 11 is 0. The molecule has 0 aliphatic heterocycles. The van der Waals surface area contributed by atoms with Crippen molar-refractivity contribution in [3.63, 3.8) is 0 Å². The fourth-order valence-electron chi connectivity index (χ4n) is 1.34. The first-order valence-corrected chi connectivity index (χ1v) is 6.38. The summed E-state index contributed by atoms with van der Waals surface area (Å²) in [5, 5.41) is 2.48. The molecule has 0 aromatic heterocycles. The van der Waals surface area contributed by atoms with Crippen LogP contribution >= 0.6 is 0 Å². The predicted molar refractivity (Wildman–Crippen MR) is 82.7 cm³/mol. The predicted octanol–water partition coefficient (Wildman–Crippen LogP) is 2.58. The first-order valence-electron chi connectivity index (χ1n) is 6.38. The number of nitrogens with one attached hydrogen (secondary N) is 1. The normalized spacial score (nSPS) is 13.2. The van der Waals surface area contributed by atoms with Crippen LogP contribution < -0.4 is 16.8 Å². The van der Waals surface area contributed by atoms with Gasteiger partial charge in [0.2, 0.25) is 0 Å². The van der Waals surface area contributed by atoms with E-state index in [2.05, 4.69) is 10.3 Å². The van der Waals surface area contributed by atoms with Crippen molar-refractivity contribution in [2.24, 2.45) is 21.9 Å². The number of amides is 2. The van der Waals surface area contributed by atoms with Crippen LogP contribution in [-0.4, -0.2) is 11.9 Å². The summed E-state index contributed by atoms with van der Waals surface area (Å²) in [5.74, 6) is 0.328. The number of hydrogen-bond acceptors (Lipinski definition) is 3. The molecule has 0 atom stereocenters. The molecular weight excluding hydrogens is 252 g/mol. The second-order valence-corrected chi connectivity index (χ2v) is 5.67. The van der Waals surface area contributed by atoms with Crippen molar-refractivity contribution >= 4 is 17.6 Å². The van der Waals surface area contributed by atoms with Gasteiger partial charge in [-0.2, -0.15) is 0 Å². The van der Waals surface area contributed by atoms with Crippen molar-refractivity contribution in [2.75, 3.05) is 0 Å². The molecule has 5 heteroatoms. The van der Waals surface area contributed by atoms with Gasteiger partial charge in [0.15, 0.2) is 0 Å². The number of rotatable bonds is 2. The summed E-state index contributed by atoms with van der Waals surface area (Å²) < 4.78 is 0. The second kappa shape index (κ2) is 6.23. The lowest BCUT2D eigenvalue weighted by molar-refractivity contribution is 0.253. The minimum Gasteiger partial charge on any atom is -0.401 e. The molecule has 0 heterocycles. The highest BCUT2D eigenvalue weighted by Crippen LogP contribution is 2.21. The molecule has 1 rings (SSSR count). The lowest BCUT2D eigenvalue weighted by atomic mass is 9.92. The fourth-order valence-corrected chi connectivity index (χ4v) is 1.34. The van der Waals surface area contributed by atoms with Gasteiger partial charge in [-0.15, -0.1) is 0 Å². The Morgan fingerprint density at radius 2 is 1.75 bits per heavy atom. The number of amidine groups is 1. The molecule has 5 nitrogen and oxygen atoms in total. The average Bonchev–Trinajstić information content (AvgIpc) is 2.30. The van der Waals surface area contributed by atoms with Crippen molar-refractivity contribution in [3.8, 4) is 0 Å². The molecule has 0 aliphatic carbocycles. The first-order chi connectivity index (χ1) is 9.18. The van der Waals surface area contributed by atoms with E-state index in [4.69, 9.17) is 11.5 Å². The summed E-state index contributed by atoms with van der Waals surface area (Å²) in [6.07, 6.45) is 1.63. The summed E-state index contributed by atoms with van der Waals surface area (Å²) in [4.78, 5) is 15.4. The van der Waals surface area contributed by atoms with E-state index in [-0.39, 0.29) is 5.41 Å². The molecule has 0 fully saturated rings. The van der Waals surface area contributed by atoms with Gasteiger partial charge in [-0.1, -0.05) is 38.5 Å². The van der Waals surface area contributed by atoms with Crippen LogP contribution in [0.25, 0.3) is 0 Å². The van der Waals surface area contributed by atoms with Gasteiger partial charge in [0, 0.05) is 17.2 Å². The van der Waals surface area contributed by atoms with E-state index in [1.807, 2.05) is 52.0 Å². The molecule has 20 heavy (non-hydrogen) atoms. The summed E-state index contributed by atoms with van der Waals surface area (Å²) in [6.45, 7) is 7.93. The smallest absolute Gasteiger partial charge is 0.317 e. The number of nitrogens with zero attached hydrogens (tertiary/aromatic N) is 1. The Balaban J connectivity index is 3.12. The zero-order valence-corrected chi connectivity index (χ0v) is 12.4. The molecular formula is C15H22N4O. The molecule has 0 unspecified atom stereocenters. The number of carbonyl (C=O) groups excluding carboxylic acids is 1. The number of urea groups is 1. The Bertz CT molecular complexity index is 536. The zero-order chi connectivity index (χ0) is 15.3.